The van der Waals surface area contributed by atoms with Gasteiger partial charge < -0.3 is 0 Å². The molecule has 2 aromatic carbocycles. The van der Waals surface area contributed by atoms with E-state index < -0.39 is 0 Å². The minimum Gasteiger partial charge on any atom is -0.300 e. The van der Waals surface area contributed by atoms with E-state index in [1.54, 1.807) is 0 Å². The molecule has 3 rings (SSSR count). The topological polar surface area (TPSA) is 23.9 Å². The highest BCUT2D eigenvalue weighted by atomic mass is 14.4. The van der Waals surface area contributed by atoms with Gasteiger partial charge in [-0.3, -0.25) is 5.41 Å². The van der Waals surface area contributed by atoms with Gasteiger partial charge in [-0.15, -0.1) is 0 Å². The first kappa shape index (κ1) is 14.5. The average Bonchev–Trinajstić information content (AvgIpc) is 3.06. The molecule has 0 fully saturated rings. The molecule has 1 aliphatic carbocycles. The minimum absolute atomic E-state index is 0.281. The molecule has 0 unspecified atom stereocenters. The van der Waals surface area contributed by atoms with E-state index in [-0.39, 0.29) is 5.92 Å². The van der Waals surface area contributed by atoms with Gasteiger partial charge in [-0.2, -0.15) is 0 Å². The molecule has 1 aliphatic rings. The third-order valence-corrected chi connectivity index (χ3v) is 4.66. The summed E-state index contributed by atoms with van der Waals surface area (Å²) in [7, 11) is 0. The summed E-state index contributed by atoms with van der Waals surface area (Å²) in [6, 6.07) is 12.5. The standard InChI is InChI=1S/C21H21N/c1-14-12-13-18(16(3)15(14)2)21(22)20-11-7-6-10-19(20)17-8-4-5-9-17/h4-13,17,22H,1-3H3. The molecule has 0 saturated carbocycles. The molecule has 0 radical (unpaired) electrons. The van der Waals surface area contributed by atoms with E-state index in [4.69, 9.17) is 5.41 Å². The first-order valence-electron chi connectivity index (χ1n) is 7.69. The van der Waals surface area contributed by atoms with Gasteiger partial charge in [0.25, 0.3) is 0 Å². The van der Waals surface area contributed by atoms with Crippen molar-refractivity contribution < 1.29 is 0 Å². The molecule has 0 heterocycles. The summed E-state index contributed by atoms with van der Waals surface area (Å²) < 4.78 is 0. The smallest absolute Gasteiger partial charge is 0.0690 e. The Morgan fingerprint density at radius 2 is 1.50 bits per heavy atom. The normalized spacial score (nSPS) is 13.8. The number of aryl methyl sites for hydroxylation is 1. The van der Waals surface area contributed by atoms with Gasteiger partial charge in [0.15, 0.2) is 0 Å². The number of hydrogen-bond acceptors (Lipinski definition) is 1. The van der Waals surface area contributed by atoms with Crippen LogP contribution in [0.25, 0.3) is 0 Å². The number of nitrogens with one attached hydrogen (secondary N) is 1. The number of hydrogen-bond donors (Lipinski definition) is 1. The first-order valence-corrected chi connectivity index (χ1v) is 7.69. The molecule has 0 bridgehead atoms. The van der Waals surface area contributed by atoms with Crippen LogP contribution < -0.4 is 0 Å². The van der Waals surface area contributed by atoms with Gasteiger partial charge >= 0.3 is 0 Å². The maximum atomic E-state index is 8.74. The Morgan fingerprint density at radius 1 is 0.818 bits per heavy atom. The van der Waals surface area contributed by atoms with E-state index >= 15 is 0 Å². The maximum absolute atomic E-state index is 8.74. The highest BCUT2D eigenvalue weighted by Gasteiger charge is 2.17. The summed E-state index contributed by atoms with van der Waals surface area (Å²) in [5, 5.41) is 8.74. The van der Waals surface area contributed by atoms with E-state index in [0.717, 1.165) is 11.1 Å². The maximum Gasteiger partial charge on any atom is 0.0690 e. The number of benzene rings is 2. The zero-order valence-corrected chi connectivity index (χ0v) is 13.4. The van der Waals surface area contributed by atoms with E-state index in [1.807, 2.05) is 6.07 Å². The van der Waals surface area contributed by atoms with Crippen molar-refractivity contribution in [2.45, 2.75) is 26.7 Å². The molecule has 1 nitrogen and oxygen atoms in total. The Kier molecular flexibility index (Phi) is 3.81. The summed E-state index contributed by atoms with van der Waals surface area (Å²) in [5.74, 6) is 0.281. The molecular weight excluding hydrogens is 266 g/mol. The number of allylic oxidation sites excluding steroid dienone is 4. The first-order chi connectivity index (χ1) is 10.6. The lowest BCUT2D eigenvalue weighted by molar-refractivity contribution is 1.09. The van der Waals surface area contributed by atoms with Crippen molar-refractivity contribution in [2.75, 3.05) is 0 Å². The Bertz CT molecular complexity index is 782. The molecule has 0 amide bonds. The van der Waals surface area contributed by atoms with Gasteiger partial charge in [0.2, 0.25) is 0 Å². The summed E-state index contributed by atoms with van der Waals surface area (Å²) in [6.45, 7) is 6.37. The lowest BCUT2D eigenvalue weighted by Crippen LogP contribution is -2.09. The quantitative estimate of drug-likeness (QED) is 0.747. The minimum atomic E-state index is 0.281. The van der Waals surface area contributed by atoms with Crippen LogP contribution >= 0.6 is 0 Å². The van der Waals surface area contributed by atoms with Crippen molar-refractivity contribution in [1.82, 2.24) is 0 Å². The fourth-order valence-corrected chi connectivity index (χ4v) is 3.03. The van der Waals surface area contributed by atoms with Crippen molar-refractivity contribution in [3.05, 3.63) is 94.1 Å². The van der Waals surface area contributed by atoms with Crippen molar-refractivity contribution in [3.63, 3.8) is 0 Å². The molecule has 1 N–H and O–H groups in total. The van der Waals surface area contributed by atoms with Crippen LogP contribution in [-0.4, -0.2) is 5.71 Å². The lowest BCUT2D eigenvalue weighted by atomic mass is 9.87. The fraction of sp³-hybridized carbons (Fsp3) is 0.190. The highest BCUT2D eigenvalue weighted by Crippen LogP contribution is 2.29. The predicted molar refractivity (Wildman–Crippen MR) is 94.0 cm³/mol. The van der Waals surface area contributed by atoms with Crippen LogP contribution in [0.1, 0.15) is 39.3 Å². The number of rotatable bonds is 3. The lowest BCUT2D eigenvalue weighted by Gasteiger charge is -2.17. The summed E-state index contributed by atoms with van der Waals surface area (Å²) in [5.41, 5.74) is 7.64. The van der Waals surface area contributed by atoms with Crippen LogP contribution in [0.4, 0.5) is 0 Å². The van der Waals surface area contributed by atoms with Crippen molar-refractivity contribution in [2.24, 2.45) is 0 Å². The van der Waals surface area contributed by atoms with Crippen LogP contribution in [-0.2, 0) is 0 Å². The molecule has 2 aromatic rings. The zero-order valence-electron chi connectivity index (χ0n) is 13.4. The Hall–Kier alpha value is -2.41. The predicted octanol–water partition coefficient (Wildman–Crippen LogP) is 5.24. The van der Waals surface area contributed by atoms with Crippen LogP contribution in [0.3, 0.4) is 0 Å². The Labute approximate surface area is 132 Å². The molecule has 0 saturated heterocycles. The van der Waals surface area contributed by atoms with Gasteiger partial charge in [0.05, 0.1) is 5.71 Å². The molecule has 22 heavy (non-hydrogen) atoms. The second-order valence-electron chi connectivity index (χ2n) is 5.94. The molecule has 0 aromatic heterocycles. The van der Waals surface area contributed by atoms with Crippen LogP contribution in [0, 0.1) is 26.2 Å². The molecule has 0 spiro atoms. The van der Waals surface area contributed by atoms with E-state index in [2.05, 4.69) is 75.4 Å². The van der Waals surface area contributed by atoms with Gasteiger partial charge in [-0.1, -0.05) is 60.7 Å². The fourth-order valence-electron chi connectivity index (χ4n) is 3.03. The third kappa shape index (κ3) is 2.43. The molecule has 0 aliphatic heterocycles. The van der Waals surface area contributed by atoms with Crippen molar-refractivity contribution in [3.8, 4) is 0 Å². The molecule has 0 atom stereocenters. The van der Waals surface area contributed by atoms with E-state index in [0.29, 0.717) is 5.71 Å². The largest absolute Gasteiger partial charge is 0.300 e. The monoisotopic (exact) mass is 287 g/mol. The molecular formula is C21H21N. The van der Waals surface area contributed by atoms with Gasteiger partial charge in [-0.05, 0) is 43.0 Å². The van der Waals surface area contributed by atoms with Crippen LogP contribution in [0.5, 0.6) is 0 Å². The zero-order chi connectivity index (χ0) is 15.7. The third-order valence-electron chi connectivity index (χ3n) is 4.66. The summed E-state index contributed by atoms with van der Waals surface area (Å²) in [6.07, 6.45) is 8.51. The second kappa shape index (κ2) is 5.76. The van der Waals surface area contributed by atoms with Crippen molar-refractivity contribution >= 4 is 5.71 Å². The summed E-state index contributed by atoms with van der Waals surface area (Å²) >= 11 is 0. The summed E-state index contributed by atoms with van der Waals surface area (Å²) in [4.78, 5) is 0. The van der Waals surface area contributed by atoms with Crippen molar-refractivity contribution in [1.29, 1.82) is 5.41 Å². The Balaban J connectivity index is 2.09. The van der Waals surface area contributed by atoms with Gasteiger partial charge in [0.1, 0.15) is 0 Å². The van der Waals surface area contributed by atoms with Crippen LogP contribution in [0.2, 0.25) is 0 Å². The molecule has 1 heteroatoms. The van der Waals surface area contributed by atoms with Gasteiger partial charge in [0, 0.05) is 17.0 Å². The van der Waals surface area contributed by atoms with E-state index in [1.165, 1.54) is 22.3 Å². The average molecular weight is 287 g/mol. The highest BCUT2D eigenvalue weighted by molar-refractivity contribution is 6.13. The second-order valence-corrected chi connectivity index (χ2v) is 5.94. The van der Waals surface area contributed by atoms with Gasteiger partial charge in [-0.25, -0.2) is 0 Å². The van der Waals surface area contributed by atoms with E-state index in [9.17, 15) is 0 Å². The SMILES string of the molecule is Cc1ccc(C(=N)c2ccccc2C2C=CC=C2)c(C)c1C. The molecule has 110 valence electrons. The van der Waals surface area contributed by atoms with Crippen LogP contribution in [0.15, 0.2) is 60.7 Å². The Morgan fingerprint density at radius 3 is 2.23 bits per heavy atom.